The fourth-order valence-electron chi connectivity index (χ4n) is 2.73. The number of fused-ring (bicyclic) bond motifs is 2. The molecule has 0 aromatic rings. The minimum atomic E-state index is -4.81. The molecule has 2 aliphatic heterocycles. The van der Waals surface area contributed by atoms with Crippen molar-refractivity contribution in [2.75, 3.05) is 6.54 Å². The van der Waals surface area contributed by atoms with Gasteiger partial charge >= 0.3 is 46.0 Å². The SMILES string of the molecule is NC(=O)C1C(C2CC2)=CC2CN1C(=O)N2OS(=O)(=O)O.[H-].[Na+]. The fraction of sp³-hybridized carbons (Fsp3) is 0.600. The molecular weight excluding hydrogens is 313 g/mol. The number of nitrogens with two attached hydrogens (primary N) is 1. The Morgan fingerprint density at radius 3 is 2.57 bits per heavy atom. The summed E-state index contributed by atoms with van der Waals surface area (Å²) in [5.41, 5.74) is 6.07. The van der Waals surface area contributed by atoms with Gasteiger partial charge in [-0.05, 0) is 24.3 Å². The van der Waals surface area contributed by atoms with Crippen LogP contribution in [0.15, 0.2) is 11.6 Å². The molecule has 112 valence electrons. The van der Waals surface area contributed by atoms with Crippen molar-refractivity contribution in [2.45, 2.75) is 24.9 Å². The smallest absolute Gasteiger partial charge is 1.00 e. The summed E-state index contributed by atoms with van der Waals surface area (Å²) in [6, 6.07) is -2.33. The maximum atomic E-state index is 12.1. The van der Waals surface area contributed by atoms with Gasteiger partial charge in [0.2, 0.25) is 5.91 Å². The van der Waals surface area contributed by atoms with E-state index < -0.39 is 34.4 Å². The molecule has 11 heteroatoms. The number of hydrogen-bond donors (Lipinski definition) is 2. The Morgan fingerprint density at radius 1 is 1.48 bits per heavy atom. The zero-order valence-electron chi connectivity index (χ0n) is 12.3. The summed E-state index contributed by atoms with van der Waals surface area (Å²) >= 11 is 0. The summed E-state index contributed by atoms with van der Waals surface area (Å²) in [6.45, 7) is 0.0954. The molecule has 1 aliphatic carbocycles. The van der Waals surface area contributed by atoms with Gasteiger partial charge < -0.3 is 12.1 Å². The van der Waals surface area contributed by atoms with Crippen molar-refractivity contribution < 1.29 is 57.8 Å². The van der Waals surface area contributed by atoms with Crippen molar-refractivity contribution in [1.29, 1.82) is 0 Å². The van der Waals surface area contributed by atoms with Crippen LogP contribution < -0.4 is 35.3 Å². The molecule has 3 rings (SSSR count). The maximum Gasteiger partial charge on any atom is 1.00 e. The number of hydroxylamine groups is 2. The second kappa shape index (κ2) is 5.52. The Morgan fingerprint density at radius 2 is 2.10 bits per heavy atom. The summed E-state index contributed by atoms with van der Waals surface area (Å²) in [7, 11) is -4.81. The molecule has 0 radical (unpaired) electrons. The zero-order chi connectivity index (χ0) is 14.7. The third-order valence-electron chi connectivity index (χ3n) is 3.62. The molecule has 2 unspecified atom stereocenters. The fourth-order valence-corrected chi connectivity index (χ4v) is 3.11. The first kappa shape index (κ1) is 16.7. The molecule has 3 N–H and O–H groups in total. The Labute approximate surface area is 144 Å². The molecule has 2 fully saturated rings. The standard InChI is InChI=1S/C10H13N3O6S.Na.H/c11-9(14)8-7(5-1-2-5)3-6-4-12(8)10(15)13(6)19-20(16,17)18;;/h3,5-6,8H,1-2,4H2,(H2,11,14)(H,16,17,18);;/q;+1;-1. The normalized spacial score (nSPS) is 28.2. The number of nitrogens with zero attached hydrogens (tertiary/aromatic N) is 2. The second-order valence-electron chi connectivity index (χ2n) is 5.08. The van der Waals surface area contributed by atoms with Crippen LogP contribution in [0.4, 0.5) is 4.79 Å². The van der Waals surface area contributed by atoms with Crippen LogP contribution in [-0.2, 0) is 19.5 Å². The molecule has 1 saturated heterocycles. The van der Waals surface area contributed by atoms with E-state index in [1.165, 1.54) is 4.90 Å². The van der Waals surface area contributed by atoms with Gasteiger partial charge in [-0.25, -0.2) is 4.79 Å². The van der Waals surface area contributed by atoms with Crippen molar-refractivity contribution >= 4 is 22.3 Å². The Balaban J connectivity index is 0.00000121. The number of urea groups is 1. The summed E-state index contributed by atoms with van der Waals surface area (Å²) in [5.74, 6) is -0.472. The van der Waals surface area contributed by atoms with Crippen LogP contribution in [0.1, 0.15) is 14.3 Å². The quantitative estimate of drug-likeness (QED) is 0.309. The van der Waals surface area contributed by atoms with Crippen molar-refractivity contribution in [3.8, 4) is 0 Å². The van der Waals surface area contributed by atoms with Crippen molar-refractivity contribution in [3.63, 3.8) is 0 Å². The van der Waals surface area contributed by atoms with Crippen LogP contribution in [0.3, 0.4) is 0 Å². The van der Waals surface area contributed by atoms with E-state index in [0.717, 1.165) is 18.4 Å². The number of carbonyl (C=O) groups is 2. The third kappa shape index (κ3) is 3.10. The zero-order valence-corrected chi connectivity index (χ0v) is 14.1. The number of amides is 3. The van der Waals surface area contributed by atoms with Crippen LogP contribution in [0.5, 0.6) is 0 Å². The average Bonchev–Trinajstić information content (AvgIpc) is 3.13. The molecule has 1 saturated carbocycles. The van der Waals surface area contributed by atoms with Gasteiger partial charge in [0.1, 0.15) is 6.04 Å². The number of primary amides is 1. The molecule has 2 heterocycles. The van der Waals surface area contributed by atoms with Gasteiger partial charge in [0.05, 0.1) is 12.6 Å². The topological polar surface area (TPSA) is 130 Å². The number of rotatable bonds is 4. The molecule has 0 spiro atoms. The van der Waals surface area contributed by atoms with E-state index in [4.69, 9.17) is 10.3 Å². The van der Waals surface area contributed by atoms with Gasteiger partial charge in [-0.1, -0.05) is 6.08 Å². The van der Waals surface area contributed by atoms with E-state index in [2.05, 4.69) is 4.28 Å². The number of carbonyl (C=O) groups excluding carboxylic acids is 2. The molecule has 9 nitrogen and oxygen atoms in total. The number of hydrogen-bond acceptors (Lipinski definition) is 5. The summed E-state index contributed by atoms with van der Waals surface area (Å²) in [6.07, 6.45) is 3.45. The monoisotopic (exact) mass is 327 g/mol. The Bertz CT molecular complexity index is 622. The van der Waals surface area contributed by atoms with Crippen LogP contribution in [0.2, 0.25) is 0 Å². The van der Waals surface area contributed by atoms with Gasteiger partial charge in [-0.3, -0.25) is 9.35 Å². The van der Waals surface area contributed by atoms with E-state index in [1.54, 1.807) is 6.08 Å². The third-order valence-corrected chi connectivity index (χ3v) is 3.97. The van der Waals surface area contributed by atoms with Crippen molar-refractivity contribution in [3.05, 3.63) is 11.6 Å². The van der Waals surface area contributed by atoms with Crippen molar-refractivity contribution in [1.82, 2.24) is 9.96 Å². The van der Waals surface area contributed by atoms with Crippen LogP contribution in [0, 0.1) is 5.92 Å². The van der Waals surface area contributed by atoms with E-state index >= 15 is 0 Å². The largest absolute Gasteiger partial charge is 1.00 e. The van der Waals surface area contributed by atoms with Crippen LogP contribution in [-0.4, -0.2) is 53.5 Å². The van der Waals surface area contributed by atoms with Crippen molar-refractivity contribution in [2.24, 2.45) is 11.7 Å². The first-order valence-corrected chi connectivity index (χ1v) is 7.42. The average molecular weight is 327 g/mol. The predicted octanol–water partition coefficient (Wildman–Crippen LogP) is -3.85. The molecule has 3 amide bonds. The van der Waals surface area contributed by atoms with Crippen LogP contribution in [0.25, 0.3) is 0 Å². The molecular formula is C10H14N3NaO6S. The van der Waals surface area contributed by atoms with Gasteiger partial charge in [0.15, 0.2) is 0 Å². The van der Waals surface area contributed by atoms with E-state index in [9.17, 15) is 18.0 Å². The van der Waals surface area contributed by atoms with Crippen LogP contribution >= 0.6 is 0 Å². The van der Waals surface area contributed by atoms with E-state index in [1.807, 2.05) is 0 Å². The minimum absolute atomic E-state index is 0. The summed E-state index contributed by atoms with van der Waals surface area (Å²) in [4.78, 5) is 24.8. The first-order chi connectivity index (χ1) is 9.28. The molecule has 2 atom stereocenters. The molecule has 21 heavy (non-hydrogen) atoms. The Kier molecular flexibility index (Phi) is 4.40. The van der Waals surface area contributed by atoms with Gasteiger partial charge in [0.25, 0.3) is 0 Å². The van der Waals surface area contributed by atoms with E-state index in [0.29, 0.717) is 5.06 Å². The predicted molar refractivity (Wildman–Crippen MR) is 65.3 cm³/mol. The molecule has 0 aromatic heterocycles. The molecule has 0 aromatic carbocycles. The van der Waals surface area contributed by atoms with Gasteiger partial charge in [-0.15, -0.1) is 4.28 Å². The molecule has 2 bridgehead atoms. The summed E-state index contributed by atoms with van der Waals surface area (Å²) < 4.78 is 34.5. The Hall–Kier alpha value is -0.650. The first-order valence-electron chi connectivity index (χ1n) is 6.05. The van der Waals surface area contributed by atoms with Gasteiger partial charge in [0, 0.05) is 0 Å². The van der Waals surface area contributed by atoms with E-state index in [-0.39, 0.29) is 43.4 Å². The van der Waals surface area contributed by atoms with Gasteiger partial charge in [-0.2, -0.15) is 13.5 Å². The second-order valence-corrected chi connectivity index (χ2v) is 6.08. The molecule has 3 aliphatic rings. The maximum absolute atomic E-state index is 12.1. The summed E-state index contributed by atoms with van der Waals surface area (Å²) in [5, 5.41) is 0.556. The minimum Gasteiger partial charge on any atom is -1.00 e.